The van der Waals surface area contributed by atoms with Crippen LogP contribution in [0.4, 0.5) is 24.5 Å². The molecule has 2 heterocycles. The molecule has 0 spiro atoms. The van der Waals surface area contributed by atoms with Gasteiger partial charge in [-0.15, -0.1) is 0 Å². The summed E-state index contributed by atoms with van der Waals surface area (Å²) >= 11 is 0. The number of alkyl halides is 2. The molecule has 4 rings (SSSR count). The number of halogens is 3. The van der Waals surface area contributed by atoms with E-state index >= 15 is 0 Å². The third-order valence-corrected chi connectivity index (χ3v) is 5.13. The Labute approximate surface area is 183 Å². The number of rotatable bonds is 7. The lowest BCUT2D eigenvalue weighted by Crippen LogP contribution is -2.56. The second-order valence-corrected chi connectivity index (χ2v) is 7.80. The monoisotopic (exact) mass is 441 g/mol. The first-order valence-electron chi connectivity index (χ1n) is 10.2. The molecule has 1 amide bonds. The van der Waals surface area contributed by atoms with Crippen molar-refractivity contribution in [1.29, 1.82) is 0 Å². The van der Waals surface area contributed by atoms with E-state index in [4.69, 9.17) is 5.73 Å². The standard InChI is InChI=1S/C23H22F3N5O/c24-20-12-28-10-15(22(20)16(9-27)11-29-17-2-3-17)1-8-21(32)30-18-4-6-19(7-5-18)31-13-23(25,26)14-31/h1,4-12,17H,2-3,13-14,27H2,(H,30,32)/b8-1+,16-9?,29-11?. The first-order chi connectivity index (χ1) is 15.3. The number of aromatic nitrogens is 1. The van der Waals surface area contributed by atoms with Gasteiger partial charge in [-0.1, -0.05) is 0 Å². The summed E-state index contributed by atoms with van der Waals surface area (Å²) in [4.78, 5) is 22.1. The van der Waals surface area contributed by atoms with Crippen LogP contribution in [-0.2, 0) is 4.79 Å². The zero-order valence-corrected chi connectivity index (χ0v) is 17.1. The fourth-order valence-corrected chi connectivity index (χ4v) is 3.28. The number of hydrogen-bond donors (Lipinski definition) is 2. The fraction of sp³-hybridized carbons (Fsp3) is 0.261. The summed E-state index contributed by atoms with van der Waals surface area (Å²) in [6, 6.07) is 6.86. The molecule has 166 valence electrons. The predicted molar refractivity (Wildman–Crippen MR) is 119 cm³/mol. The maximum atomic E-state index is 14.5. The molecular formula is C23H22F3N5O. The minimum Gasteiger partial charge on any atom is -0.404 e. The van der Waals surface area contributed by atoms with E-state index in [1.165, 1.54) is 24.5 Å². The number of amides is 1. The van der Waals surface area contributed by atoms with E-state index in [2.05, 4.69) is 15.3 Å². The molecule has 0 radical (unpaired) electrons. The highest BCUT2D eigenvalue weighted by atomic mass is 19.3. The van der Waals surface area contributed by atoms with Crippen LogP contribution in [0.3, 0.4) is 0 Å². The van der Waals surface area contributed by atoms with Crippen LogP contribution in [-0.4, -0.2) is 42.2 Å². The lowest BCUT2D eigenvalue weighted by atomic mass is 10.0. The molecule has 6 nitrogen and oxygen atoms in total. The Hall–Kier alpha value is -3.62. The van der Waals surface area contributed by atoms with Crippen LogP contribution in [0.15, 0.2) is 53.9 Å². The van der Waals surface area contributed by atoms with Crippen LogP contribution in [0.2, 0.25) is 0 Å². The topological polar surface area (TPSA) is 83.6 Å². The number of nitrogens with one attached hydrogen (secondary N) is 1. The number of benzene rings is 1. The number of allylic oxidation sites excluding steroid dienone is 1. The highest BCUT2D eigenvalue weighted by molar-refractivity contribution is 6.11. The van der Waals surface area contributed by atoms with E-state index in [1.54, 1.807) is 35.4 Å². The largest absolute Gasteiger partial charge is 0.404 e. The molecule has 1 aromatic carbocycles. The molecule has 32 heavy (non-hydrogen) atoms. The van der Waals surface area contributed by atoms with Crippen molar-refractivity contribution < 1.29 is 18.0 Å². The number of aliphatic imine (C=N–C) groups is 1. The quantitative estimate of drug-likeness (QED) is 0.505. The van der Waals surface area contributed by atoms with E-state index in [0.717, 1.165) is 19.0 Å². The summed E-state index contributed by atoms with van der Waals surface area (Å²) in [6.45, 7) is -0.619. The Morgan fingerprint density at radius 3 is 2.56 bits per heavy atom. The second-order valence-electron chi connectivity index (χ2n) is 7.80. The van der Waals surface area contributed by atoms with Crippen LogP contribution in [0.1, 0.15) is 24.0 Å². The third-order valence-electron chi connectivity index (χ3n) is 5.13. The van der Waals surface area contributed by atoms with E-state index in [-0.39, 0.29) is 24.7 Å². The summed E-state index contributed by atoms with van der Waals surface area (Å²) in [7, 11) is 0. The van der Waals surface area contributed by atoms with Crippen molar-refractivity contribution in [2.75, 3.05) is 23.3 Å². The number of anilines is 2. The van der Waals surface area contributed by atoms with Crippen LogP contribution in [0.5, 0.6) is 0 Å². The number of carbonyl (C=O) groups excluding carboxylic acids is 1. The first-order valence-corrected chi connectivity index (χ1v) is 10.2. The zero-order chi connectivity index (χ0) is 22.7. The summed E-state index contributed by atoms with van der Waals surface area (Å²) in [6.07, 6.45) is 10.1. The predicted octanol–water partition coefficient (Wildman–Crippen LogP) is 3.86. The lowest BCUT2D eigenvalue weighted by molar-refractivity contribution is -0.111. The minimum atomic E-state index is -2.65. The number of nitrogens with zero attached hydrogens (tertiary/aromatic N) is 3. The van der Waals surface area contributed by atoms with E-state index in [0.29, 0.717) is 22.5 Å². The second kappa shape index (κ2) is 8.86. The Bertz CT molecular complexity index is 1080. The highest BCUT2D eigenvalue weighted by Crippen LogP contribution is 2.32. The van der Waals surface area contributed by atoms with Gasteiger partial charge in [0, 0.05) is 52.8 Å². The molecule has 0 unspecified atom stereocenters. The molecule has 1 aromatic heterocycles. The molecule has 0 atom stereocenters. The van der Waals surface area contributed by atoms with Gasteiger partial charge in [0.25, 0.3) is 5.92 Å². The van der Waals surface area contributed by atoms with Crippen LogP contribution in [0.25, 0.3) is 11.6 Å². The van der Waals surface area contributed by atoms with Gasteiger partial charge >= 0.3 is 0 Å². The van der Waals surface area contributed by atoms with Crippen LogP contribution in [0, 0.1) is 5.82 Å². The SMILES string of the molecule is NC=C(C=NC1CC1)c1c(F)cncc1/C=C/C(=O)Nc1ccc(N2CC(F)(F)C2)cc1. The Morgan fingerprint density at radius 1 is 1.22 bits per heavy atom. The van der Waals surface area contributed by atoms with Gasteiger partial charge in [0.2, 0.25) is 5.91 Å². The average molecular weight is 441 g/mol. The van der Waals surface area contributed by atoms with Gasteiger partial charge in [-0.3, -0.25) is 14.8 Å². The first kappa shape index (κ1) is 21.6. The molecule has 1 aliphatic heterocycles. The van der Waals surface area contributed by atoms with Gasteiger partial charge < -0.3 is 16.0 Å². The van der Waals surface area contributed by atoms with Crippen molar-refractivity contribution in [3.05, 3.63) is 65.9 Å². The van der Waals surface area contributed by atoms with E-state index in [9.17, 15) is 18.0 Å². The van der Waals surface area contributed by atoms with Crippen molar-refractivity contribution in [1.82, 2.24) is 4.98 Å². The van der Waals surface area contributed by atoms with Crippen LogP contribution < -0.4 is 16.0 Å². The summed E-state index contributed by atoms with van der Waals surface area (Å²) in [5.41, 5.74) is 7.85. The third kappa shape index (κ3) is 5.16. The lowest BCUT2D eigenvalue weighted by Gasteiger charge is -2.40. The Kier molecular flexibility index (Phi) is 5.98. The Morgan fingerprint density at radius 2 is 1.94 bits per heavy atom. The molecule has 3 N–H and O–H groups in total. The fourth-order valence-electron chi connectivity index (χ4n) is 3.28. The van der Waals surface area contributed by atoms with Crippen molar-refractivity contribution in [3.8, 4) is 0 Å². The molecule has 2 fully saturated rings. The molecular weight excluding hydrogens is 419 g/mol. The molecule has 1 saturated carbocycles. The number of nitrogens with two attached hydrogens (primary N) is 1. The highest BCUT2D eigenvalue weighted by Gasteiger charge is 2.43. The van der Waals surface area contributed by atoms with Gasteiger partial charge in [0.1, 0.15) is 5.82 Å². The molecule has 0 bridgehead atoms. The average Bonchev–Trinajstić information content (AvgIpc) is 3.57. The molecule has 1 saturated heterocycles. The van der Waals surface area contributed by atoms with Crippen molar-refractivity contribution in [3.63, 3.8) is 0 Å². The maximum Gasteiger partial charge on any atom is 0.282 e. The van der Waals surface area contributed by atoms with Crippen molar-refractivity contribution in [2.24, 2.45) is 10.7 Å². The van der Waals surface area contributed by atoms with Gasteiger partial charge in [-0.2, -0.15) is 0 Å². The minimum absolute atomic E-state index is 0.214. The number of pyridine rings is 1. The van der Waals surface area contributed by atoms with E-state index < -0.39 is 17.6 Å². The van der Waals surface area contributed by atoms with Gasteiger partial charge in [-0.25, -0.2) is 13.2 Å². The molecule has 2 aromatic rings. The normalized spacial score (nSPS) is 18.2. The Balaban J connectivity index is 1.43. The smallest absolute Gasteiger partial charge is 0.282 e. The number of hydrogen-bond acceptors (Lipinski definition) is 5. The van der Waals surface area contributed by atoms with Gasteiger partial charge in [0.15, 0.2) is 0 Å². The summed E-state index contributed by atoms with van der Waals surface area (Å²) in [5.74, 6) is -3.66. The molecule has 2 aliphatic rings. The summed E-state index contributed by atoms with van der Waals surface area (Å²) in [5, 5.41) is 2.68. The summed E-state index contributed by atoms with van der Waals surface area (Å²) < 4.78 is 40.5. The van der Waals surface area contributed by atoms with E-state index in [1.807, 2.05) is 0 Å². The van der Waals surface area contributed by atoms with Crippen molar-refractivity contribution in [2.45, 2.75) is 24.8 Å². The number of carbonyl (C=O) groups is 1. The van der Waals surface area contributed by atoms with Crippen LogP contribution >= 0.6 is 0 Å². The van der Waals surface area contributed by atoms with Gasteiger partial charge in [-0.05, 0) is 43.2 Å². The van der Waals surface area contributed by atoms with Gasteiger partial charge in [0.05, 0.1) is 25.3 Å². The molecule has 1 aliphatic carbocycles. The zero-order valence-electron chi connectivity index (χ0n) is 17.1. The van der Waals surface area contributed by atoms with Crippen molar-refractivity contribution >= 4 is 35.1 Å². The maximum absolute atomic E-state index is 14.5. The molecule has 9 heteroatoms.